The lowest BCUT2D eigenvalue weighted by molar-refractivity contribution is 0.596. The standard InChI is InChI=1S/C27H21NO2/c1-27(2,3)21-13-18(12-16-6-4-5-7-19(16)21)26-25-20-15-23-17(9-11-29-23)14-24(20)30-22(25)8-10-28-26/h4-15H,1-3H3. The summed E-state index contributed by atoms with van der Waals surface area (Å²) < 4.78 is 11.8. The highest BCUT2D eigenvalue weighted by Gasteiger charge is 2.21. The molecular formula is C27H21NO2. The van der Waals surface area contributed by atoms with E-state index in [-0.39, 0.29) is 5.41 Å². The maximum atomic E-state index is 6.20. The molecule has 0 aliphatic rings. The minimum atomic E-state index is 0.0162. The second kappa shape index (κ2) is 5.96. The molecule has 3 nitrogen and oxygen atoms in total. The van der Waals surface area contributed by atoms with E-state index in [0.717, 1.165) is 44.2 Å². The van der Waals surface area contributed by atoms with Gasteiger partial charge >= 0.3 is 0 Å². The molecule has 0 aliphatic carbocycles. The Morgan fingerprint density at radius 1 is 0.767 bits per heavy atom. The van der Waals surface area contributed by atoms with Gasteiger partial charge in [0.1, 0.15) is 16.7 Å². The first-order valence-corrected chi connectivity index (χ1v) is 10.2. The highest BCUT2D eigenvalue weighted by molar-refractivity contribution is 6.14. The van der Waals surface area contributed by atoms with Gasteiger partial charge in [0, 0.05) is 22.5 Å². The number of hydrogen-bond donors (Lipinski definition) is 0. The lowest BCUT2D eigenvalue weighted by atomic mass is 9.82. The molecule has 0 unspecified atom stereocenters. The van der Waals surface area contributed by atoms with Crippen LogP contribution in [0.25, 0.3) is 54.9 Å². The molecule has 3 aromatic carbocycles. The Morgan fingerprint density at radius 3 is 2.50 bits per heavy atom. The summed E-state index contributed by atoms with van der Waals surface area (Å²) in [5, 5.41) is 5.61. The lowest BCUT2D eigenvalue weighted by Gasteiger charge is -2.22. The zero-order valence-corrected chi connectivity index (χ0v) is 17.2. The Kier molecular flexibility index (Phi) is 3.43. The van der Waals surface area contributed by atoms with Crippen molar-refractivity contribution in [3.05, 3.63) is 78.7 Å². The Labute approximate surface area is 173 Å². The van der Waals surface area contributed by atoms with E-state index in [1.165, 1.54) is 16.3 Å². The third-order valence-electron chi connectivity index (χ3n) is 5.90. The number of hydrogen-bond acceptors (Lipinski definition) is 3. The minimum absolute atomic E-state index is 0.0162. The fourth-order valence-electron chi connectivity index (χ4n) is 4.46. The van der Waals surface area contributed by atoms with Gasteiger partial charge in [-0.3, -0.25) is 4.98 Å². The van der Waals surface area contributed by atoms with Crippen LogP contribution >= 0.6 is 0 Å². The van der Waals surface area contributed by atoms with Gasteiger partial charge < -0.3 is 8.83 Å². The van der Waals surface area contributed by atoms with Crippen LogP contribution in [0.4, 0.5) is 0 Å². The van der Waals surface area contributed by atoms with E-state index in [0.29, 0.717) is 0 Å². The second-order valence-corrected chi connectivity index (χ2v) is 8.94. The fraction of sp³-hybridized carbons (Fsp3) is 0.148. The van der Waals surface area contributed by atoms with Crippen LogP contribution in [0.1, 0.15) is 26.3 Å². The molecule has 3 heteroatoms. The largest absolute Gasteiger partial charge is 0.464 e. The minimum Gasteiger partial charge on any atom is -0.464 e. The molecule has 0 amide bonds. The first-order valence-electron chi connectivity index (χ1n) is 10.2. The van der Waals surface area contributed by atoms with Gasteiger partial charge in [0.2, 0.25) is 0 Å². The van der Waals surface area contributed by atoms with Gasteiger partial charge in [-0.05, 0) is 58.1 Å². The van der Waals surface area contributed by atoms with Crippen LogP contribution in [-0.2, 0) is 5.41 Å². The molecule has 0 aliphatic heterocycles. The molecule has 0 saturated carbocycles. The van der Waals surface area contributed by atoms with Gasteiger partial charge in [-0.1, -0.05) is 45.0 Å². The molecule has 3 aromatic heterocycles. The van der Waals surface area contributed by atoms with E-state index in [1.54, 1.807) is 6.26 Å². The van der Waals surface area contributed by atoms with Crippen LogP contribution in [0.2, 0.25) is 0 Å². The van der Waals surface area contributed by atoms with Crippen LogP contribution in [0, 0.1) is 0 Å². The average molecular weight is 391 g/mol. The normalized spacial score (nSPS) is 12.5. The zero-order valence-electron chi connectivity index (χ0n) is 17.2. The van der Waals surface area contributed by atoms with Gasteiger partial charge in [-0.15, -0.1) is 0 Å². The molecular weight excluding hydrogens is 370 g/mol. The van der Waals surface area contributed by atoms with Gasteiger partial charge in [0.05, 0.1) is 17.3 Å². The Bertz CT molecular complexity index is 1580. The summed E-state index contributed by atoms with van der Waals surface area (Å²) in [6.45, 7) is 6.77. The quantitative estimate of drug-likeness (QED) is 0.286. The Morgan fingerprint density at radius 2 is 1.63 bits per heavy atom. The predicted octanol–water partition coefficient (Wildman–Crippen LogP) is 7.84. The highest BCUT2D eigenvalue weighted by atomic mass is 16.3. The topological polar surface area (TPSA) is 39.2 Å². The number of nitrogens with zero attached hydrogens (tertiary/aromatic N) is 1. The van der Waals surface area contributed by atoms with E-state index < -0.39 is 0 Å². The van der Waals surface area contributed by atoms with Gasteiger partial charge in [0.25, 0.3) is 0 Å². The van der Waals surface area contributed by atoms with Crippen LogP contribution in [0.5, 0.6) is 0 Å². The predicted molar refractivity (Wildman–Crippen MR) is 123 cm³/mol. The molecule has 30 heavy (non-hydrogen) atoms. The van der Waals surface area contributed by atoms with Crippen molar-refractivity contribution in [2.24, 2.45) is 0 Å². The monoisotopic (exact) mass is 391 g/mol. The molecule has 0 bridgehead atoms. The van der Waals surface area contributed by atoms with Gasteiger partial charge in [-0.25, -0.2) is 0 Å². The third-order valence-corrected chi connectivity index (χ3v) is 5.90. The lowest BCUT2D eigenvalue weighted by Crippen LogP contribution is -2.12. The van der Waals surface area contributed by atoms with E-state index in [9.17, 15) is 0 Å². The van der Waals surface area contributed by atoms with Crippen molar-refractivity contribution >= 4 is 43.7 Å². The summed E-state index contributed by atoms with van der Waals surface area (Å²) in [6, 6.07) is 21.1. The van der Waals surface area contributed by atoms with Crippen molar-refractivity contribution in [3.63, 3.8) is 0 Å². The molecule has 0 saturated heterocycles. The number of rotatable bonds is 1. The Hall–Kier alpha value is -3.59. The number of pyridine rings is 1. The van der Waals surface area contributed by atoms with Crippen molar-refractivity contribution in [2.75, 3.05) is 0 Å². The van der Waals surface area contributed by atoms with Gasteiger partial charge in [0.15, 0.2) is 0 Å². The molecule has 0 spiro atoms. The smallest absolute Gasteiger partial charge is 0.139 e. The van der Waals surface area contributed by atoms with Crippen molar-refractivity contribution < 1.29 is 8.83 Å². The number of furan rings is 2. The van der Waals surface area contributed by atoms with Crippen molar-refractivity contribution in [3.8, 4) is 11.3 Å². The maximum absolute atomic E-state index is 6.20. The molecule has 3 heterocycles. The first kappa shape index (κ1) is 17.3. The summed E-state index contributed by atoms with van der Waals surface area (Å²) in [7, 11) is 0. The third kappa shape index (κ3) is 2.48. The second-order valence-electron chi connectivity index (χ2n) is 8.94. The van der Waals surface area contributed by atoms with Gasteiger partial charge in [-0.2, -0.15) is 0 Å². The van der Waals surface area contributed by atoms with E-state index in [2.05, 4.69) is 63.2 Å². The average Bonchev–Trinajstić information content (AvgIpc) is 3.33. The van der Waals surface area contributed by atoms with Crippen molar-refractivity contribution in [1.82, 2.24) is 4.98 Å². The molecule has 0 fully saturated rings. The van der Waals surface area contributed by atoms with Crippen LogP contribution < -0.4 is 0 Å². The van der Waals surface area contributed by atoms with Crippen LogP contribution in [0.15, 0.2) is 82.0 Å². The first-order chi connectivity index (χ1) is 14.5. The number of benzene rings is 3. The van der Waals surface area contributed by atoms with Crippen LogP contribution in [-0.4, -0.2) is 4.98 Å². The summed E-state index contributed by atoms with van der Waals surface area (Å²) in [6.07, 6.45) is 3.54. The summed E-state index contributed by atoms with van der Waals surface area (Å²) in [5.41, 5.74) is 5.92. The molecule has 6 aromatic rings. The SMILES string of the molecule is CC(C)(C)c1cc(-c2nccc3oc4cc5ccoc5cc4c23)cc2ccccc12. The molecule has 6 rings (SSSR count). The molecule has 0 N–H and O–H groups in total. The Balaban J connectivity index is 1.72. The number of aromatic nitrogens is 1. The maximum Gasteiger partial charge on any atom is 0.139 e. The van der Waals surface area contributed by atoms with Crippen LogP contribution in [0.3, 0.4) is 0 Å². The van der Waals surface area contributed by atoms with Crippen molar-refractivity contribution in [1.29, 1.82) is 0 Å². The van der Waals surface area contributed by atoms with E-state index in [1.807, 2.05) is 24.4 Å². The zero-order chi connectivity index (χ0) is 20.5. The summed E-state index contributed by atoms with van der Waals surface area (Å²) in [5.74, 6) is 0. The number of fused-ring (bicyclic) bond motifs is 5. The molecule has 0 radical (unpaired) electrons. The van der Waals surface area contributed by atoms with Crippen molar-refractivity contribution in [2.45, 2.75) is 26.2 Å². The van der Waals surface area contributed by atoms with E-state index in [4.69, 9.17) is 13.8 Å². The molecule has 0 atom stereocenters. The van der Waals surface area contributed by atoms with E-state index >= 15 is 0 Å². The summed E-state index contributed by atoms with van der Waals surface area (Å²) in [4.78, 5) is 4.81. The highest BCUT2D eigenvalue weighted by Crippen LogP contribution is 2.40. The molecule has 146 valence electrons. The summed E-state index contributed by atoms with van der Waals surface area (Å²) >= 11 is 0. The fourth-order valence-corrected chi connectivity index (χ4v) is 4.46.